The van der Waals surface area contributed by atoms with E-state index in [-0.39, 0.29) is 6.04 Å². The van der Waals surface area contributed by atoms with Crippen LogP contribution >= 0.6 is 11.8 Å². The second-order valence-electron chi connectivity index (χ2n) is 3.53. The molecule has 0 radical (unpaired) electrons. The van der Waals surface area contributed by atoms with Crippen LogP contribution in [0.5, 0.6) is 0 Å². The van der Waals surface area contributed by atoms with Crippen LogP contribution in [0.15, 0.2) is 12.5 Å². The highest BCUT2D eigenvalue weighted by Gasteiger charge is 2.20. The highest BCUT2D eigenvalue weighted by atomic mass is 32.2. The highest BCUT2D eigenvalue weighted by molar-refractivity contribution is 7.99. The molecule has 1 saturated heterocycles. The lowest BCUT2D eigenvalue weighted by Crippen LogP contribution is -2.16. The molecule has 2 unspecified atom stereocenters. The zero-order valence-corrected chi connectivity index (χ0v) is 8.63. The Morgan fingerprint density at radius 2 is 2.62 bits per heavy atom. The van der Waals surface area contributed by atoms with E-state index in [1.807, 2.05) is 31.2 Å². The van der Waals surface area contributed by atoms with Crippen LogP contribution in [0.1, 0.15) is 31.1 Å². The van der Waals surface area contributed by atoms with Crippen molar-refractivity contribution in [2.75, 3.05) is 11.5 Å². The first-order valence-electron chi connectivity index (χ1n) is 4.64. The van der Waals surface area contributed by atoms with E-state index in [2.05, 4.69) is 9.55 Å². The Bertz CT molecular complexity index is 276. The second-order valence-corrected chi connectivity index (χ2v) is 4.68. The predicted octanol–water partition coefficient (Wildman–Crippen LogP) is 1.58. The van der Waals surface area contributed by atoms with Crippen molar-refractivity contribution in [3.8, 4) is 0 Å². The fourth-order valence-electron chi connectivity index (χ4n) is 1.71. The summed E-state index contributed by atoms with van der Waals surface area (Å²) in [7, 11) is 0. The highest BCUT2D eigenvalue weighted by Crippen LogP contribution is 2.29. The van der Waals surface area contributed by atoms with Gasteiger partial charge in [0.15, 0.2) is 0 Å². The average Bonchev–Trinajstić information content (AvgIpc) is 2.74. The molecule has 4 heteroatoms. The van der Waals surface area contributed by atoms with Gasteiger partial charge in [-0.1, -0.05) is 0 Å². The van der Waals surface area contributed by atoms with E-state index >= 15 is 0 Å². The summed E-state index contributed by atoms with van der Waals surface area (Å²) in [5, 5.41) is 0. The van der Waals surface area contributed by atoms with Crippen LogP contribution in [-0.4, -0.2) is 21.1 Å². The molecular weight excluding hydrogens is 182 g/mol. The average molecular weight is 197 g/mol. The van der Waals surface area contributed by atoms with Crippen molar-refractivity contribution >= 4 is 11.8 Å². The summed E-state index contributed by atoms with van der Waals surface area (Å²) in [5.74, 6) is 2.47. The van der Waals surface area contributed by atoms with Gasteiger partial charge in [0.05, 0.1) is 12.0 Å². The zero-order valence-electron chi connectivity index (χ0n) is 7.81. The first-order valence-corrected chi connectivity index (χ1v) is 5.79. The normalized spacial score (nSPS) is 24.9. The quantitative estimate of drug-likeness (QED) is 0.783. The third-order valence-electron chi connectivity index (χ3n) is 2.46. The third-order valence-corrected chi connectivity index (χ3v) is 3.61. The molecule has 2 rings (SSSR count). The van der Waals surface area contributed by atoms with Crippen LogP contribution in [0.3, 0.4) is 0 Å². The number of nitrogens with two attached hydrogens (primary N) is 1. The summed E-state index contributed by atoms with van der Waals surface area (Å²) in [6.45, 7) is 2.01. The van der Waals surface area contributed by atoms with Crippen molar-refractivity contribution in [2.45, 2.75) is 25.4 Å². The van der Waals surface area contributed by atoms with Gasteiger partial charge in [0.1, 0.15) is 0 Å². The van der Waals surface area contributed by atoms with Gasteiger partial charge in [0.2, 0.25) is 0 Å². The minimum absolute atomic E-state index is 0.0908. The van der Waals surface area contributed by atoms with E-state index < -0.39 is 0 Å². The van der Waals surface area contributed by atoms with Gasteiger partial charge >= 0.3 is 0 Å². The number of rotatable bonds is 2. The number of imidazole rings is 1. The molecule has 1 aromatic heterocycles. The molecule has 0 aliphatic carbocycles. The van der Waals surface area contributed by atoms with Crippen LogP contribution in [0.4, 0.5) is 0 Å². The molecule has 0 bridgehead atoms. The van der Waals surface area contributed by atoms with Crippen LogP contribution < -0.4 is 5.73 Å². The van der Waals surface area contributed by atoms with Crippen LogP contribution in [-0.2, 0) is 0 Å². The Hall–Kier alpha value is -0.480. The molecule has 1 aliphatic heterocycles. The fourth-order valence-corrected chi connectivity index (χ4v) is 2.92. The molecular formula is C9H15N3S. The molecule has 1 fully saturated rings. The molecule has 1 aliphatic rings. The molecule has 2 heterocycles. The Balaban J connectivity index is 2.23. The predicted molar refractivity (Wildman–Crippen MR) is 55.8 cm³/mol. The Kier molecular flexibility index (Phi) is 2.60. The van der Waals surface area contributed by atoms with E-state index in [1.165, 1.54) is 17.9 Å². The molecule has 2 atom stereocenters. The molecule has 0 aromatic carbocycles. The summed E-state index contributed by atoms with van der Waals surface area (Å²) in [5.41, 5.74) is 7.02. The molecule has 72 valence electrons. The Morgan fingerprint density at radius 1 is 1.77 bits per heavy atom. The van der Waals surface area contributed by atoms with Crippen molar-refractivity contribution in [2.24, 2.45) is 5.73 Å². The number of aromatic nitrogens is 2. The maximum absolute atomic E-state index is 5.86. The van der Waals surface area contributed by atoms with Crippen molar-refractivity contribution in [1.82, 2.24) is 9.55 Å². The molecule has 0 amide bonds. The Morgan fingerprint density at radius 3 is 3.23 bits per heavy atom. The lowest BCUT2D eigenvalue weighted by molar-refractivity contribution is 0.523. The summed E-state index contributed by atoms with van der Waals surface area (Å²) < 4.78 is 2.24. The molecule has 0 saturated carbocycles. The minimum atomic E-state index is 0.0908. The maximum atomic E-state index is 5.86. The zero-order chi connectivity index (χ0) is 9.26. The monoisotopic (exact) mass is 197 g/mol. The van der Waals surface area contributed by atoms with Crippen molar-refractivity contribution in [1.29, 1.82) is 0 Å². The fraction of sp³-hybridized carbons (Fsp3) is 0.667. The van der Waals surface area contributed by atoms with Gasteiger partial charge in [-0.05, 0) is 19.1 Å². The minimum Gasteiger partial charge on any atom is -0.329 e. The van der Waals surface area contributed by atoms with E-state index in [4.69, 9.17) is 5.73 Å². The van der Waals surface area contributed by atoms with Gasteiger partial charge in [0, 0.05) is 24.0 Å². The first-order chi connectivity index (χ1) is 6.29. The van der Waals surface area contributed by atoms with Crippen LogP contribution in [0, 0.1) is 0 Å². The first kappa shape index (κ1) is 9.09. The SMILES string of the molecule is CC(N)c1cncn1C1CCSC1. The van der Waals surface area contributed by atoms with E-state index in [0.29, 0.717) is 6.04 Å². The lowest BCUT2D eigenvalue weighted by Gasteiger charge is -2.16. The van der Waals surface area contributed by atoms with Crippen molar-refractivity contribution in [3.05, 3.63) is 18.2 Å². The third kappa shape index (κ3) is 1.74. The van der Waals surface area contributed by atoms with Crippen molar-refractivity contribution < 1.29 is 0 Å². The number of nitrogens with zero attached hydrogens (tertiary/aromatic N) is 2. The largest absolute Gasteiger partial charge is 0.329 e. The summed E-state index contributed by atoms with van der Waals surface area (Å²) in [4.78, 5) is 4.16. The smallest absolute Gasteiger partial charge is 0.0951 e. The topological polar surface area (TPSA) is 43.8 Å². The van der Waals surface area contributed by atoms with Gasteiger partial charge in [-0.3, -0.25) is 0 Å². The second kappa shape index (κ2) is 3.72. The van der Waals surface area contributed by atoms with Crippen LogP contribution in [0.2, 0.25) is 0 Å². The molecule has 1 aromatic rings. The van der Waals surface area contributed by atoms with Gasteiger partial charge in [-0.2, -0.15) is 11.8 Å². The van der Waals surface area contributed by atoms with E-state index in [0.717, 1.165) is 5.69 Å². The van der Waals surface area contributed by atoms with Gasteiger partial charge < -0.3 is 10.3 Å². The molecule has 0 spiro atoms. The van der Waals surface area contributed by atoms with E-state index in [1.54, 1.807) is 0 Å². The van der Waals surface area contributed by atoms with E-state index in [9.17, 15) is 0 Å². The molecule has 13 heavy (non-hydrogen) atoms. The Labute approximate surface area is 82.7 Å². The van der Waals surface area contributed by atoms with Crippen LogP contribution in [0.25, 0.3) is 0 Å². The van der Waals surface area contributed by atoms with Crippen molar-refractivity contribution in [3.63, 3.8) is 0 Å². The summed E-state index contributed by atoms with van der Waals surface area (Å²) >= 11 is 2.01. The molecule has 3 nitrogen and oxygen atoms in total. The number of hydrogen-bond acceptors (Lipinski definition) is 3. The van der Waals surface area contributed by atoms with Gasteiger partial charge in [-0.25, -0.2) is 4.98 Å². The summed E-state index contributed by atoms with van der Waals surface area (Å²) in [6, 6.07) is 0.710. The summed E-state index contributed by atoms with van der Waals surface area (Å²) in [6.07, 6.45) is 5.05. The number of thioether (sulfide) groups is 1. The van der Waals surface area contributed by atoms with Gasteiger partial charge in [-0.15, -0.1) is 0 Å². The van der Waals surface area contributed by atoms with Gasteiger partial charge in [0.25, 0.3) is 0 Å². The lowest BCUT2D eigenvalue weighted by atomic mass is 10.2. The molecule has 2 N–H and O–H groups in total. The standard InChI is InChI=1S/C9H15N3S/c1-7(10)9-4-11-6-12(9)8-2-3-13-5-8/h4,6-8H,2-3,5,10H2,1H3. The maximum Gasteiger partial charge on any atom is 0.0951 e. The number of hydrogen-bond donors (Lipinski definition) is 1.